The molecule has 1 aliphatic carbocycles. The summed E-state index contributed by atoms with van der Waals surface area (Å²) in [5.74, 6) is -0.0853. The summed E-state index contributed by atoms with van der Waals surface area (Å²) in [4.78, 5) is 13.0. The third kappa shape index (κ3) is 2.74. The Morgan fingerprint density at radius 1 is 1.43 bits per heavy atom. The van der Waals surface area contributed by atoms with Gasteiger partial charge in [0.05, 0.1) is 10.7 Å². The fourth-order valence-corrected chi connectivity index (χ4v) is 4.47. The molecule has 1 fully saturated rings. The topological polar surface area (TPSA) is 55.1 Å². The van der Waals surface area contributed by atoms with Gasteiger partial charge in [-0.1, -0.05) is 37.4 Å². The van der Waals surface area contributed by atoms with Crippen LogP contribution in [0.15, 0.2) is 18.2 Å². The van der Waals surface area contributed by atoms with Gasteiger partial charge < -0.3 is 11.1 Å². The molecule has 1 aromatic heterocycles. The van der Waals surface area contributed by atoms with Gasteiger partial charge in [-0.05, 0) is 30.4 Å². The van der Waals surface area contributed by atoms with E-state index in [9.17, 15) is 4.79 Å². The van der Waals surface area contributed by atoms with Crippen LogP contribution in [0, 0.1) is 5.41 Å². The lowest BCUT2D eigenvalue weighted by Gasteiger charge is -2.23. The first-order valence-corrected chi connectivity index (χ1v) is 8.44. The molecule has 1 saturated carbocycles. The van der Waals surface area contributed by atoms with Gasteiger partial charge >= 0.3 is 0 Å². The van der Waals surface area contributed by atoms with Gasteiger partial charge in [0, 0.05) is 16.6 Å². The average Bonchev–Trinajstić information content (AvgIpc) is 3.02. The lowest BCUT2D eigenvalue weighted by atomic mass is 9.89. The monoisotopic (exact) mass is 322 g/mol. The van der Waals surface area contributed by atoms with Crippen molar-refractivity contribution in [3.8, 4) is 0 Å². The van der Waals surface area contributed by atoms with Gasteiger partial charge in [-0.2, -0.15) is 0 Å². The molecule has 0 spiro atoms. The zero-order valence-corrected chi connectivity index (χ0v) is 13.6. The maximum atomic E-state index is 12.4. The largest absolute Gasteiger partial charge is 0.397 e. The number of thiophene rings is 1. The van der Waals surface area contributed by atoms with E-state index in [1.54, 1.807) is 6.07 Å². The highest BCUT2D eigenvalue weighted by Crippen LogP contribution is 2.39. The molecule has 0 bridgehead atoms. The molecule has 0 atom stereocenters. The van der Waals surface area contributed by atoms with Crippen LogP contribution in [-0.2, 0) is 0 Å². The van der Waals surface area contributed by atoms with Crippen molar-refractivity contribution in [2.45, 2.75) is 32.6 Å². The van der Waals surface area contributed by atoms with Crippen molar-refractivity contribution < 1.29 is 4.79 Å². The first-order chi connectivity index (χ1) is 10.0. The molecule has 112 valence electrons. The molecular formula is C16H19ClN2OS. The maximum absolute atomic E-state index is 12.4. The summed E-state index contributed by atoms with van der Waals surface area (Å²) < 4.78 is 0.956. The van der Waals surface area contributed by atoms with Crippen LogP contribution in [0.4, 0.5) is 5.69 Å². The molecule has 1 amide bonds. The van der Waals surface area contributed by atoms with Crippen molar-refractivity contribution in [1.82, 2.24) is 5.32 Å². The first kappa shape index (κ1) is 14.7. The average molecular weight is 323 g/mol. The molecule has 0 unspecified atom stereocenters. The summed E-state index contributed by atoms with van der Waals surface area (Å²) in [6.45, 7) is 2.96. The van der Waals surface area contributed by atoms with E-state index in [1.165, 1.54) is 37.0 Å². The summed E-state index contributed by atoms with van der Waals surface area (Å²) in [5, 5.41) is 4.44. The Morgan fingerprint density at radius 3 is 2.81 bits per heavy atom. The van der Waals surface area contributed by atoms with E-state index in [0.29, 0.717) is 22.1 Å². The van der Waals surface area contributed by atoms with Crippen LogP contribution in [-0.4, -0.2) is 12.5 Å². The van der Waals surface area contributed by atoms with Gasteiger partial charge in [0.2, 0.25) is 0 Å². The van der Waals surface area contributed by atoms with Crippen molar-refractivity contribution in [3.63, 3.8) is 0 Å². The van der Waals surface area contributed by atoms with Crippen LogP contribution >= 0.6 is 22.9 Å². The maximum Gasteiger partial charge on any atom is 0.263 e. The normalized spacial score (nSPS) is 17.2. The highest BCUT2D eigenvalue weighted by atomic mass is 35.5. The van der Waals surface area contributed by atoms with Gasteiger partial charge in [-0.25, -0.2) is 0 Å². The number of halogens is 1. The van der Waals surface area contributed by atoms with Gasteiger partial charge in [-0.15, -0.1) is 11.3 Å². The second-order valence-electron chi connectivity index (χ2n) is 6.16. The number of nitrogens with two attached hydrogens (primary N) is 1. The minimum Gasteiger partial charge on any atom is -0.397 e. The van der Waals surface area contributed by atoms with E-state index in [2.05, 4.69) is 12.2 Å². The molecule has 3 N–H and O–H groups in total. The number of nitrogen functional groups attached to an aromatic ring is 1. The van der Waals surface area contributed by atoms with E-state index >= 15 is 0 Å². The molecule has 1 aromatic carbocycles. The zero-order chi connectivity index (χ0) is 15.0. The second-order valence-corrected chi connectivity index (χ2v) is 7.62. The van der Waals surface area contributed by atoms with Crippen LogP contribution in [0.25, 0.3) is 10.1 Å². The van der Waals surface area contributed by atoms with E-state index in [1.807, 2.05) is 12.1 Å². The SMILES string of the molecule is CC1(CNC(=O)c2sc3cccc(Cl)c3c2N)CCCC1. The first-order valence-electron chi connectivity index (χ1n) is 7.25. The van der Waals surface area contributed by atoms with Crippen LogP contribution in [0.3, 0.4) is 0 Å². The van der Waals surface area contributed by atoms with Gasteiger partial charge in [0.25, 0.3) is 5.91 Å². The van der Waals surface area contributed by atoms with Crippen LogP contribution in [0.5, 0.6) is 0 Å². The van der Waals surface area contributed by atoms with E-state index in [-0.39, 0.29) is 11.3 Å². The highest BCUT2D eigenvalue weighted by molar-refractivity contribution is 7.21. The predicted molar refractivity (Wildman–Crippen MR) is 90.2 cm³/mol. The molecule has 1 heterocycles. The van der Waals surface area contributed by atoms with Crippen molar-refractivity contribution in [3.05, 3.63) is 28.1 Å². The Balaban J connectivity index is 1.82. The number of benzene rings is 1. The molecule has 0 saturated heterocycles. The Hall–Kier alpha value is -1.26. The van der Waals surface area contributed by atoms with E-state index in [0.717, 1.165) is 10.1 Å². The minimum atomic E-state index is -0.0853. The Bertz CT molecular complexity index is 689. The number of fused-ring (bicyclic) bond motifs is 1. The minimum absolute atomic E-state index is 0.0853. The molecule has 3 rings (SSSR count). The molecule has 1 aliphatic rings. The number of nitrogens with one attached hydrogen (secondary N) is 1. The smallest absolute Gasteiger partial charge is 0.263 e. The van der Waals surface area contributed by atoms with Crippen LogP contribution in [0.1, 0.15) is 42.3 Å². The Kier molecular flexibility index (Phi) is 3.84. The van der Waals surface area contributed by atoms with Crippen molar-refractivity contribution >= 4 is 44.6 Å². The molecule has 3 nitrogen and oxygen atoms in total. The lowest BCUT2D eigenvalue weighted by molar-refractivity contribution is 0.0939. The summed E-state index contributed by atoms with van der Waals surface area (Å²) in [7, 11) is 0. The number of carbonyl (C=O) groups is 1. The summed E-state index contributed by atoms with van der Waals surface area (Å²) in [5.41, 5.74) is 6.85. The molecule has 2 aromatic rings. The van der Waals surface area contributed by atoms with Crippen LogP contribution < -0.4 is 11.1 Å². The van der Waals surface area contributed by atoms with Crippen molar-refractivity contribution in [2.75, 3.05) is 12.3 Å². The standard InChI is InChI=1S/C16H19ClN2OS/c1-16(7-2-3-8-16)9-19-15(20)14-13(18)12-10(17)5-4-6-11(12)21-14/h4-6H,2-3,7-9,18H2,1H3,(H,19,20). The van der Waals surface area contributed by atoms with Gasteiger partial charge in [0.15, 0.2) is 0 Å². The van der Waals surface area contributed by atoms with Gasteiger partial charge in [0.1, 0.15) is 4.88 Å². The number of amides is 1. The predicted octanol–water partition coefficient (Wildman–Crippen LogP) is 4.45. The zero-order valence-electron chi connectivity index (χ0n) is 12.0. The third-order valence-electron chi connectivity index (χ3n) is 4.39. The van der Waals surface area contributed by atoms with Crippen molar-refractivity contribution in [1.29, 1.82) is 0 Å². The molecule has 21 heavy (non-hydrogen) atoms. The summed E-state index contributed by atoms with van der Waals surface area (Å²) in [6.07, 6.45) is 4.88. The number of rotatable bonds is 3. The van der Waals surface area contributed by atoms with Gasteiger partial charge in [-0.3, -0.25) is 4.79 Å². The molecular weight excluding hydrogens is 304 g/mol. The highest BCUT2D eigenvalue weighted by Gasteiger charge is 2.29. The molecule has 0 radical (unpaired) electrons. The number of anilines is 1. The third-order valence-corrected chi connectivity index (χ3v) is 5.88. The Morgan fingerprint density at radius 2 is 2.14 bits per heavy atom. The fraction of sp³-hybridized carbons (Fsp3) is 0.438. The molecule has 0 aliphatic heterocycles. The van der Waals surface area contributed by atoms with Crippen LogP contribution in [0.2, 0.25) is 5.02 Å². The molecule has 5 heteroatoms. The lowest BCUT2D eigenvalue weighted by Crippen LogP contribution is -2.34. The van der Waals surface area contributed by atoms with Crippen molar-refractivity contribution in [2.24, 2.45) is 5.41 Å². The summed E-state index contributed by atoms with van der Waals surface area (Å²) >= 11 is 7.58. The quantitative estimate of drug-likeness (QED) is 0.877. The van der Waals surface area contributed by atoms with E-state index < -0.39 is 0 Å². The summed E-state index contributed by atoms with van der Waals surface area (Å²) in [6, 6.07) is 5.62. The number of hydrogen-bond donors (Lipinski definition) is 2. The van der Waals surface area contributed by atoms with E-state index in [4.69, 9.17) is 17.3 Å². The number of carbonyl (C=O) groups excluding carboxylic acids is 1. The second kappa shape index (κ2) is 5.50. The number of hydrogen-bond acceptors (Lipinski definition) is 3. The fourth-order valence-electron chi connectivity index (χ4n) is 3.08. The Labute approximate surface area is 133 Å².